The Morgan fingerprint density at radius 1 is 0.800 bits per heavy atom. The Balaban J connectivity index is 1.89. The standard InChI is InChI=1S/C23H17FN/c24-19-11-9-17(10-12-19)22-15-18-6-2-4-8-21(18)23-20-7-3-1-5-16(20)13-14-25(22)23/h1-12,15H,13-14H2/q+1. The van der Waals surface area contributed by atoms with Crippen molar-refractivity contribution in [2.75, 3.05) is 0 Å². The van der Waals surface area contributed by atoms with E-state index < -0.39 is 0 Å². The first kappa shape index (κ1) is 14.4. The van der Waals surface area contributed by atoms with Gasteiger partial charge in [0, 0.05) is 18.1 Å². The van der Waals surface area contributed by atoms with Crippen LogP contribution in [0.5, 0.6) is 0 Å². The number of halogens is 1. The molecule has 0 N–H and O–H groups in total. The number of nitrogens with zero attached hydrogens (tertiary/aromatic N) is 1. The monoisotopic (exact) mass is 326 g/mol. The van der Waals surface area contributed by atoms with E-state index in [1.54, 1.807) is 0 Å². The van der Waals surface area contributed by atoms with E-state index in [1.165, 1.54) is 39.7 Å². The summed E-state index contributed by atoms with van der Waals surface area (Å²) in [7, 11) is 0. The van der Waals surface area contributed by atoms with Crippen molar-refractivity contribution in [3.63, 3.8) is 0 Å². The van der Waals surface area contributed by atoms with Crippen molar-refractivity contribution in [2.45, 2.75) is 13.0 Å². The molecule has 120 valence electrons. The Hall–Kier alpha value is -3.00. The molecule has 0 saturated heterocycles. The molecule has 0 amide bonds. The summed E-state index contributed by atoms with van der Waals surface area (Å²) in [5.41, 5.74) is 6.15. The van der Waals surface area contributed by atoms with Gasteiger partial charge in [-0.1, -0.05) is 36.4 Å². The van der Waals surface area contributed by atoms with Crippen LogP contribution in [0, 0.1) is 5.82 Å². The fraction of sp³-hybridized carbons (Fsp3) is 0.0870. The van der Waals surface area contributed by atoms with E-state index in [2.05, 4.69) is 59.2 Å². The van der Waals surface area contributed by atoms with Gasteiger partial charge in [-0.15, -0.1) is 0 Å². The van der Waals surface area contributed by atoms with Crippen LogP contribution in [-0.4, -0.2) is 0 Å². The van der Waals surface area contributed by atoms with Crippen LogP contribution in [0.4, 0.5) is 4.39 Å². The fourth-order valence-corrected chi connectivity index (χ4v) is 3.91. The Bertz CT molecular complexity index is 1100. The summed E-state index contributed by atoms with van der Waals surface area (Å²) in [6, 6.07) is 26.2. The number of benzene rings is 3. The number of fused-ring (bicyclic) bond motifs is 5. The second-order valence-electron chi connectivity index (χ2n) is 6.53. The zero-order chi connectivity index (χ0) is 16.8. The highest BCUT2D eigenvalue weighted by Gasteiger charge is 2.29. The third kappa shape index (κ3) is 2.25. The average molecular weight is 326 g/mol. The number of hydrogen-bond donors (Lipinski definition) is 0. The minimum atomic E-state index is -0.200. The van der Waals surface area contributed by atoms with Gasteiger partial charge in [-0.05, 0) is 47.3 Å². The van der Waals surface area contributed by atoms with Crippen LogP contribution >= 0.6 is 0 Å². The van der Waals surface area contributed by atoms with E-state index in [4.69, 9.17) is 0 Å². The van der Waals surface area contributed by atoms with E-state index in [9.17, 15) is 4.39 Å². The maximum Gasteiger partial charge on any atom is 0.221 e. The van der Waals surface area contributed by atoms with Gasteiger partial charge in [-0.25, -0.2) is 4.39 Å². The molecule has 1 aliphatic heterocycles. The molecule has 1 aromatic heterocycles. The predicted octanol–water partition coefficient (Wildman–Crippen LogP) is 5.16. The van der Waals surface area contributed by atoms with Gasteiger partial charge in [-0.2, -0.15) is 4.57 Å². The lowest BCUT2D eigenvalue weighted by Gasteiger charge is -2.19. The molecule has 0 bridgehead atoms. The van der Waals surface area contributed by atoms with E-state index in [0.717, 1.165) is 24.2 Å². The minimum Gasteiger partial charge on any atom is -0.207 e. The minimum absolute atomic E-state index is 0.200. The van der Waals surface area contributed by atoms with Gasteiger partial charge in [0.25, 0.3) is 0 Å². The molecule has 4 aromatic rings. The van der Waals surface area contributed by atoms with Crippen LogP contribution in [0.15, 0.2) is 78.9 Å². The van der Waals surface area contributed by atoms with Crippen LogP contribution in [-0.2, 0) is 13.0 Å². The molecule has 5 rings (SSSR count). The Kier molecular flexibility index (Phi) is 3.17. The molecule has 0 radical (unpaired) electrons. The molecular formula is C23H17FN+. The third-order valence-corrected chi connectivity index (χ3v) is 5.09. The average Bonchev–Trinajstić information content (AvgIpc) is 2.67. The Labute approximate surface area is 146 Å². The van der Waals surface area contributed by atoms with Gasteiger partial charge in [0.2, 0.25) is 11.4 Å². The fourth-order valence-electron chi connectivity index (χ4n) is 3.91. The molecule has 0 aliphatic carbocycles. The van der Waals surface area contributed by atoms with E-state index in [1.807, 2.05) is 12.1 Å². The molecular weight excluding hydrogens is 309 g/mol. The van der Waals surface area contributed by atoms with Gasteiger partial charge in [0.05, 0.1) is 10.9 Å². The summed E-state index contributed by atoms with van der Waals surface area (Å²) in [6.07, 6.45) is 1.01. The molecule has 2 heterocycles. The van der Waals surface area contributed by atoms with Gasteiger partial charge in [-0.3, -0.25) is 0 Å². The molecule has 25 heavy (non-hydrogen) atoms. The van der Waals surface area contributed by atoms with Gasteiger partial charge < -0.3 is 0 Å². The molecule has 0 saturated carbocycles. The lowest BCUT2D eigenvalue weighted by atomic mass is 9.92. The van der Waals surface area contributed by atoms with Gasteiger partial charge >= 0.3 is 0 Å². The molecule has 1 nitrogen and oxygen atoms in total. The molecule has 2 heteroatoms. The molecule has 3 aromatic carbocycles. The van der Waals surface area contributed by atoms with Crippen molar-refractivity contribution in [3.05, 3.63) is 90.2 Å². The highest BCUT2D eigenvalue weighted by molar-refractivity contribution is 5.95. The second kappa shape index (κ2) is 5.52. The van der Waals surface area contributed by atoms with Crippen LogP contribution in [0.2, 0.25) is 0 Å². The first-order valence-electron chi connectivity index (χ1n) is 8.61. The second-order valence-corrected chi connectivity index (χ2v) is 6.53. The molecule has 0 spiro atoms. The van der Waals surface area contributed by atoms with Crippen LogP contribution in [0.1, 0.15) is 5.56 Å². The molecule has 1 aliphatic rings. The van der Waals surface area contributed by atoms with Crippen molar-refractivity contribution in [1.82, 2.24) is 0 Å². The van der Waals surface area contributed by atoms with Gasteiger partial charge in [0.1, 0.15) is 5.82 Å². The maximum absolute atomic E-state index is 13.4. The topological polar surface area (TPSA) is 3.88 Å². The highest BCUT2D eigenvalue weighted by atomic mass is 19.1. The number of hydrogen-bond acceptors (Lipinski definition) is 0. The lowest BCUT2D eigenvalue weighted by molar-refractivity contribution is -0.675. The van der Waals surface area contributed by atoms with Crippen molar-refractivity contribution in [1.29, 1.82) is 0 Å². The lowest BCUT2D eigenvalue weighted by Crippen LogP contribution is -2.42. The quantitative estimate of drug-likeness (QED) is 0.426. The number of pyridine rings is 1. The van der Waals surface area contributed by atoms with Crippen molar-refractivity contribution in [3.8, 4) is 22.5 Å². The largest absolute Gasteiger partial charge is 0.221 e. The van der Waals surface area contributed by atoms with E-state index >= 15 is 0 Å². The smallest absolute Gasteiger partial charge is 0.207 e. The summed E-state index contributed by atoms with van der Waals surface area (Å²) >= 11 is 0. The van der Waals surface area contributed by atoms with Crippen molar-refractivity contribution >= 4 is 10.8 Å². The predicted molar refractivity (Wildman–Crippen MR) is 98.7 cm³/mol. The summed E-state index contributed by atoms with van der Waals surface area (Å²) < 4.78 is 15.8. The zero-order valence-corrected chi connectivity index (χ0v) is 13.7. The van der Waals surface area contributed by atoms with Crippen molar-refractivity contribution < 1.29 is 8.96 Å². The maximum atomic E-state index is 13.4. The highest BCUT2D eigenvalue weighted by Crippen LogP contribution is 2.34. The molecule has 0 atom stereocenters. The number of rotatable bonds is 1. The first-order chi connectivity index (χ1) is 12.3. The first-order valence-corrected chi connectivity index (χ1v) is 8.61. The van der Waals surface area contributed by atoms with E-state index in [0.29, 0.717) is 0 Å². The zero-order valence-electron chi connectivity index (χ0n) is 13.7. The van der Waals surface area contributed by atoms with Crippen LogP contribution in [0.3, 0.4) is 0 Å². The van der Waals surface area contributed by atoms with Crippen LogP contribution in [0.25, 0.3) is 33.3 Å². The third-order valence-electron chi connectivity index (χ3n) is 5.09. The summed E-state index contributed by atoms with van der Waals surface area (Å²) in [6.45, 7) is 0.934. The van der Waals surface area contributed by atoms with Crippen molar-refractivity contribution in [2.24, 2.45) is 0 Å². The summed E-state index contributed by atoms with van der Waals surface area (Å²) in [5, 5.41) is 2.48. The normalized spacial score (nSPS) is 12.7. The molecule has 0 unspecified atom stereocenters. The van der Waals surface area contributed by atoms with Gasteiger partial charge in [0.15, 0.2) is 6.54 Å². The van der Waals surface area contributed by atoms with E-state index in [-0.39, 0.29) is 5.82 Å². The summed E-state index contributed by atoms with van der Waals surface area (Å²) in [5.74, 6) is -0.200. The van der Waals surface area contributed by atoms with Crippen LogP contribution < -0.4 is 4.57 Å². The Morgan fingerprint density at radius 3 is 2.44 bits per heavy atom. The Morgan fingerprint density at radius 2 is 1.56 bits per heavy atom. The molecule has 0 fully saturated rings. The number of aromatic nitrogens is 1. The number of aryl methyl sites for hydroxylation is 1. The SMILES string of the molecule is Fc1ccc(-c2cc3ccccc3c3[n+]2CCc2ccccc2-3)cc1. The summed E-state index contributed by atoms with van der Waals surface area (Å²) in [4.78, 5) is 0.